The van der Waals surface area contributed by atoms with Gasteiger partial charge in [0.15, 0.2) is 6.29 Å². The van der Waals surface area contributed by atoms with Gasteiger partial charge in [-0.05, 0) is 12.8 Å². The van der Waals surface area contributed by atoms with Gasteiger partial charge in [-0.15, -0.1) is 0 Å². The van der Waals surface area contributed by atoms with Gasteiger partial charge >= 0.3 is 11.9 Å². The van der Waals surface area contributed by atoms with Crippen molar-refractivity contribution < 1.29 is 18.8 Å². The summed E-state index contributed by atoms with van der Waals surface area (Å²) < 4.78 is 9.45. The zero-order chi connectivity index (χ0) is 11.1. The molecule has 4 nitrogen and oxygen atoms in total. The number of carbonyl (C=O) groups excluding carboxylic acids is 3. The molecule has 80 valence electrons. The third-order valence-electron chi connectivity index (χ3n) is 1.70. The number of hydrogen-bond donors (Lipinski definition) is 0. The highest BCUT2D eigenvalue weighted by Crippen LogP contribution is 2.13. The molecule has 4 heteroatoms. The fourth-order valence-corrected chi connectivity index (χ4v) is 1.06. The Labute approximate surface area is 83.9 Å². The van der Waals surface area contributed by atoms with Crippen LogP contribution in [0.2, 0.25) is 0 Å². The van der Waals surface area contributed by atoms with Crippen LogP contribution in [0.5, 0.6) is 0 Å². The van der Waals surface area contributed by atoms with Crippen LogP contribution in [0.15, 0.2) is 0 Å². The summed E-state index contributed by atoms with van der Waals surface area (Å²) in [6.45, 7) is 7.11. The van der Waals surface area contributed by atoms with E-state index in [0.29, 0.717) is 0 Å². The molecule has 0 aromatic heterocycles. The number of hydrogen-bond acceptors (Lipinski definition) is 3. The first kappa shape index (κ1) is 12.8. The van der Waals surface area contributed by atoms with Crippen LogP contribution in [0.25, 0.3) is 0 Å². The highest BCUT2D eigenvalue weighted by Gasteiger charge is 2.40. The van der Waals surface area contributed by atoms with Crippen LogP contribution in [0.4, 0.5) is 0 Å². The molecule has 0 saturated carbocycles. The Hall–Kier alpha value is -1.19. The molecule has 0 rings (SSSR count). The van der Waals surface area contributed by atoms with Crippen molar-refractivity contribution in [1.82, 2.24) is 0 Å². The predicted octanol–water partition coefficient (Wildman–Crippen LogP) is 1.10. The van der Waals surface area contributed by atoms with Crippen molar-refractivity contribution in [2.75, 3.05) is 6.61 Å². The van der Waals surface area contributed by atoms with E-state index in [2.05, 4.69) is 4.42 Å². The van der Waals surface area contributed by atoms with Gasteiger partial charge in [-0.1, -0.05) is 13.8 Å². The standard InChI is InChI=1S/C10H17O4/c1-5-13-9(11)8(7(3)4)10(12)14-6-2/h5,7-8H,6H2,1-4H3/q+1. The Morgan fingerprint density at radius 3 is 2.36 bits per heavy atom. The van der Waals surface area contributed by atoms with E-state index >= 15 is 0 Å². The zero-order valence-electron chi connectivity index (χ0n) is 9.07. The second kappa shape index (κ2) is 6.29. The maximum atomic E-state index is 11.4. The number of rotatable bonds is 4. The maximum absolute atomic E-state index is 11.4. The fraction of sp³-hybridized carbons (Fsp3) is 0.700. The highest BCUT2D eigenvalue weighted by molar-refractivity contribution is 5.94. The molecule has 0 fully saturated rings. The first-order valence-corrected chi connectivity index (χ1v) is 4.69. The van der Waals surface area contributed by atoms with Crippen LogP contribution >= 0.6 is 0 Å². The van der Waals surface area contributed by atoms with Crippen LogP contribution in [-0.2, 0) is 18.8 Å². The largest absolute Gasteiger partial charge is 0.594 e. The van der Waals surface area contributed by atoms with Crippen LogP contribution in [0, 0.1) is 11.8 Å². The lowest BCUT2D eigenvalue weighted by Gasteiger charge is -2.09. The summed E-state index contributed by atoms with van der Waals surface area (Å²) in [5, 5.41) is 0. The average Bonchev–Trinajstić information content (AvgIpc) is 2.04. The molecule has 14 heavy (non-hydrogen) atoms. The van der Waals surface area contributed by atoms with E-state index in [0.717, 1.165) is 0 Å². The Morgan fingerprint density at radius 2 is 2.00 bits per heavy atom. The normalized spacial score (nSPS) is 13.2. The lowest BCUT2D eigenvalue weighted by atomic mass is 9.96. The van der Waals surface area contributed by atoms with E-state index in [9.17, 15) is 9.59 Å². The summed E-state index contributed by atoms with van der Waals surface area (Å²) in [6, 6.07) is 0. The highest BCUT2D eigenvalue weighted by atomic mass is 16.5. The molecule has 0 heterocycles. The second-order valence-corrected chi connectivity index (χ2v) is 3.15. The van der Waals surface area contributed by atoms with Gasteiger partial charge in [-0.25, -0.2) is 0 Å². The molecule has 1 atom stereocenters. The van der Waals surface area contributed by atoms with Gasteiger partial charge in [-0.2, -0.15) is 0 Å². The summed E-state index contributed by atoms with van der Waals surface area (Å²) in [5.74, 6) is -2.03. The van der Waals surface area contributed by atoms with Gasteiger partial charge < -0.3 is 4.74 Å². The summed E-state index contributed by atoms with van der Waals surface area (Å²) >= 11 is 0. The van der Waals surface area contributed by atoms with Gasteiger partial charge in [0.2, 0.25) is 5.92 Å². The van der Waals surface area contributed by atoms with Crippen molar-refractivity contribution in [2.45, 2.75) is 27.7 Å². The minimum absolute atomic E-state index is 0.124. The van der Waals surface area contributed by atoms with E-state index < -0.39 is 17.9 Å². The molecular weight excluding hydrogens is 184 g/mol. The van der Waals surface area contributed by atoms with E-state index in [1.54, 1.807) is 27.7 Å². The van der Waals surface area contributed by atoms with Crippen molar-refractivity contribution in [3.8, 4) is 0 Å². The van der Waals surface area contributed by atoms with Gasteiger partial charge in [0.25, 0.3) is 0 Å². The fourth-order valence-electron chi connectivity index (χ4n) is 1.06. The number of carbonyl (C=O) groups is 2. The van der Waals surface area contributed by atoms with Crippen molar-refractivity contribution in [1.29, 1.82) is 0 Å². The smallest absolute Gasteiger partial charge is 0.465 e. The van der Waals surface area contributed by atoms with E-state index in [4.69, 9.17) is 4.74 Å². The number of aldehydes is 1. The third kappa shape index (κ3) is 3.68. The SMILES string of the molecule is CC=[O+]C(=O)C(C(=O)OCC)C(C)C. The van der Waals surface area contributed by atoms with Crippen molar-refractivity contribution in [2.24, 2.45) is 11.8 Å². The molecule has 0 aromatic carbocycles. The summed E-state index contributed by atoms with van der Waals surface area (Å²) in [5.41, 5.74) is 0. The molecular formula is C10H17O4+. The second-order valence-electron chi connectivity index (χ2n) is 3.15. The third-order valence-corrected chi connectivity index (χ3v) is 1.70. The Balaban J connectivity index is 4.59. The molecule has 0 aromatic rings. The van der Waals surface area contributed by atoms with Crippen molar-refractivity contribution in [3.05, 3.63) is 0 Å². The van der Waals surface area contributed by atoms with Crippen molar-refractivity contribution in [3.63, 3.8) is 0 Å². The van der Waals surface area contributed by atoms with E-state index in [1.807, 2.05) is 0 Å². The van der Waals surface area contributed by atoms with Crippen molar-refractivity contribution >= 4 is 18.2 Å². The Morgan fingerprint density at radius 1 is 1.43 bits per heavy atom. The maximum Gasteiger partial charge on any atom is 0.594 e. The summed E-state index contributed by atoms with van der Waals surface area (Å²) in [6.07, 6.45) is 1.26. The molecule has 0 bridgehead atoms. The molecule has 0 N–H and O–H groups in total. The monoisotopic (exact) mass is 201 g/mol. The minimum Gasteiger partial charge on any atom is -0.465 e. The zero-order valence-corrected chi connectivity index (χ0v) is 9.07. The average molecular weight is 201 g/mol. The summed E-state index contributed by atoms with van der Waals surface area (Å²) in [7, 11) is 0. The quantitative estimate of drug-likeness (QED) is 0.296. The topological polar surface area (TPSA) is 54.7 Å². The van der Waals surface area contributed by atoms with Gasteiger partial charge in [0, 0.05) is 11.7 Å². The molecule has 0 spiro atoms. The number of esters is 1. The van der Waals surface area contributed by atoms with Gasteiger partial charge in [-0.3, -0.25) is 9.22 Å². The van der Waals surface area contributed by atoms with Crippen LogP contribution < -0.4 is 0 Å². The minimum atomic E-state index is -0.828. The molecule has 0 saturated heterocycles. The number of ether oxygens (including phenoxy) is 1. The van der Waals surface area contributed by atoms with E-state index in [-0.39, 0.29) is 12.5 Å². The van der Waals surface area contributed by atoms with Gasteiger partial charge in [0.05, 0.1) is 6.61 Å². The first-order valence-electron chi connectivity index (χ1n) is 4.69. The van der Waals surface area contributed by atoms with Crippen LogP contribution in [0.1, 0.15) is 27.7 Å². The molecule has 0 aliphatic rings. The predicted molar refractivity (Wildman–Crippen MR) is 51.7 cm³/mol. The van der Waals surface area contributed by atoms with Crippen LogP contribution in [0.3, 0.4) is 0 Å². The lowest BCUT2D eigenvalue weighted by molar-refractivity contribution is -0.378. The molecule has 0 radical (unpaired) electrons. The molecule has 0 aliphatic carbocycles. The molecule has 0 amide bonds. The van der Waals surface area contributed by atoms with Gasteiger partial charge in [0.1, 0.15) is 0 Å². The Kier molecular flexibility index (Phi) is 5.76. The van der Waals surface area contributed by atoms with Crippen LogP contribution in [-0.4, -0.2) is 24.8 Å². The van der Waals surface area contributed by atoms with E-state index in [1.165, 1.54) is 6.29 Å². The molecule has 0 aliphatic heterocycles. The molecule has 1 unspecified atom stereocenters. The Bertz CT molecular complexity index is 230. The first-order chi connectivity index (χ1) is 6.54. The lowest BCUT2D eigenvalue weighted by Crippen LogP contribution is -2.31. The summed E-state index contributed by atoms with van der Waals surface area (Å²) in [4.78, 5) is 22.7.